The van der Waals surface area contributed by atoms with Gasteiger partial charge in [0.15, 0.2) is 0 Å². The molecular formula is C22H25N3O4. The number of nitrogens with zero attached hydrogens (tertiary/aromatic N) is 2. The van der Waals surface area contributed by atoms with Crippen LogP contribution in [0, 0.1) is 0 Å². The van der Waals surface area contributed by atoms with Crippen LogP contribution in [0.4, 0.5) is 11.4 Å². The molecule has 0 spiro atoms. The second-order valence-corrected chi connectivity index (χ2v) is 7.58. The predicted molar refractivity (Wildman–Crippen MR) is 110 cm³/mol. The van der Waals surface area contributed by atoms with Gasteiger partial charge in [-0.2, -0.15) is 0 Å². The normalized spacial score (nSPS) is 18.7. The van der Waals surface area contributed by atoms with Crippen molar-refractivity contribution in [2.24, 2.45) is 0 Å². The van der Waals surface area contributed by atoms with Crippen LogP contribution < -0.4 is 15.0 Å². The molecule has 0 radical (unpaired) electrons. The highest BCUT2D eigenvalue weighted by Crippen LogP contribution is 2.34. The molecule has 2 heterocycles. The van der Waals surface area contributed by atoms with Gasteiger partial charge in [-0.1, -0.05) is 24.3 Å². The molecule has 2 aliphatic rings. The summed E-state index contributed by atoms with van der Waals surface area (Å²) in [5.74, 6) is 0.456. The molecule has 7 heteroatoms. The molecule has 1 saturated heterocycles. The van der Waals surface area contributed by atoms with Gasteiger partial charge in [0, 0.05) is 13.1 Å². The molecule has 0 unspecified atom stereocenters. The fourth-order valence-electron chi connectivity index (χ4n) is 4.00. The fourth-order valence-corrected chi connectivity index (χ4v) is 4.00. The molecule has 7 nitrogen and oxygen atoms in total. The number of amides is 2. The van der Waals surface area contributed by atoms with Crippen molar-refractivity contribution in [3.63, 3.8) is 0 Å². The Morgan fingerprint density at radius 2 is 1.83 bits per heavy atom. The van der Waals surface area contributed by atoms with Gasteiger partial charge in [-0.15, -0.1) is 0 Å². The highest BCUT2D eigenvalue weighted by Gasteiger charge is 2.35. The van der Waals surface area contributed by atoms with Crippen molar-refractivity contribution < 1.29 is 19.4 Å². The maximum absolute atomic E-state index is 12.9. The second-order valence-electron chi connectivity index (χ2n) is 7.58. The Bertz CT molecular complexity index is 905. The van der Waals surface area contributed by atoms with E-state index in [2.05, 4.69) is 5.32 Å². The summed E-state index contributed by atoms with van der Waals surface area (Å²) in [4.78, 5) is 28.4. The molecule has 152 valence electrons. The van der Waals surface area contributed by atoms with E-state index < -0.39 is 5.60 Å². The summed E-state index contributed by atoms with van der Waals surface area (Å²) in [5, 5.41) is 13.9. The van der Waals surface area contributed by atoms with E-state index in [-0.39, 0.29) is 24.9 Å². The van der Waals surface area contributed by atoms with Gasteiger partial charge < -0.3 is 15.2 Å². The van der Waals surface area contributed by atoms with E-state index >= 15 is 0 Å². The van der Waals surface area contributed by atoms with Gasteiger partial charge in [-0.25, -0.2) is 0 Å². The molecule has 1 fully saturated rings. The van der Waals surface area contributed by atoms with Crippen molar-refractivity contribution in [1.82, 2.24) is 4.90 Å². The number of methoxy groups -OCH3 is 1. The minimum atomic E-state index is -0.899. The third-order valence-electron chi connectivity index (χ3n) is 5.74. The fraction of sp³-hybridized carbons (Fsp3) is 0.364. The first-order chi connectivity index (χ1) is 14.0. The molecule has 0 aromatic heterocycles. The van der Waals surface area contributed by atoms with E-state index in [1.54, 1.807) is 18.1 Å². The molecule has 2 amide bonds. The lowest BCUT2D eigenvalue weighted by atomic mass is 9.84. The number of rotatable bonds is 4. The summed E-state index contributed by atoms with van der Waals surface area (Å²) in [6.45, 7) is 1.46. The van der Waals surface area contributed by atoms with Gasteiger partial charge in [0.25, 0.3) is 0 Å². The van der Waals surface area contributed by atoms with Crippen LogP contribution in [0.2, 0.25) is 0 Å². The number of nitrogens with one attached hydrogen (secondary N) is 1. The van der Waals surface area contributed by atoms with Gasteiger partial charge in [0.05, 0.1) is 30.6 Å². The molecule has 0 aliphatic carbocycles. The standard InChI is InChI=1S/C22H25N3O4/c1-29-17-8-6-16(7-9-17)22(28)10-12-24(13-11-22)15-21(27)25-14-20(26)23-18-4-2-3-5-19(18)25/h2-9,28H,10-15H2,1H3,(H,23,26). The third kappa shape index (κ3) is 3.97. The highest BCUT2D eigenvalue weighted by molar-refractivity contribution is 6.10. The number of fused-ring (bicyclic) bond motifs is 1. The molecule has 2 aromatic rings. The Balaban J connectivity index is 1.39. The minimum Gasteiger partial charge on any atom is -0.497 e. The van der Waals surface area contributed by atoms with Crippen LogP contribution in [0.25, 0.3) is 0 Å². The topological polar surface area (TPSA) is 82.1 Å². The van der Waals surface area contributed by atoms with Crippen molar-refractivity contribution in [1.29, 1.82) is 0 Å². The van der Waals surface area contributed by atoms with Crippen LogP contribution in [0.15, 0.2) is 48.5 Å². The molecule has 2 aromatic carbocycles. The monoisotopic (exact) mass is 395 g/mol. The first-order valence-corrected chi connectivity index (χ1v) is 9.77. The third-order valence-corrected chi connectivity index (χ3v) is 5.74. The quantitative estimate of drug-likeness (QED) is 0.827. The number of hydrogen-bond acceptors (Lipinski definition) is 5. The number of piperidine rings is 1. The van der Waals surface area contributed by atoms with Crippen molar-refractivity contribution in [3.8, 4) is 5.75 Å². The van der Waals surface area contributed by atoms with Gasteiger partial charge in [0.2, 0.25) is 11.8 Å². The molecular weight excluding hydrogens is 370 g/mol. The number of carbonyl (C=O) groups excluding carboxylic acids is 2. The lowest BCUT2D eigenvalue weighted by Gasteiger charge is -2.39. The van der Waals surface area contributed by atoms with Crippen molar-refractivity contribution in [2.75, 3.05) is 43.5 Å². The molecule has 0 bridgehead atoms. The predicted octanol–water partition coefficient (Wildman–Crippen LogP) is 1.96. The Kier molecular flexibility index (Phi) is 5.25. The van der Waals surface area contributed by atoms with Gasteiger partial charge in [-0.3, -0.25) is 19.4 Å². The number of likely N-dealkylation sites (tertiary alicyclic amines) is 1. The Hall–Kier alpha value is -2.90. The maximum Gasteiger partial charge on any atom is 0.244 e. The van der Waals surface area contributed by atoms with E-state index in [1.165, 1.54) is 0 Å². The first-order valence-electron chi connectivity index (χ1n) is 9.77. The number of hydrogen-bond donors (Lipinski definition) is 2. The van der Waals surface area contributed by atoms with Crippen LogP contribution in [-0.2, 0) is 15.2 Å². The molecule has 4 rings (SSSR count). The number of para-hydroxylation sites is 2. The molecule has 0 saturated carbocycles. The van der Waals surface area contributed by atoms with Gasteiger partial charge in [0.1, 0.15) is 12.3 Å². The zero-order chi connectivity index (χ0) is 20.4. The van der Waals surface area contributed by atoms with Crippen molar-refractivity contribution in [2.45, 2.75) is 18.4 Å². The molecule has 2 aliphatic heterocycles. The number of carbonyl (C=O) groups is 2. The largest absolute Gasteiger partial charge is 0.497 e. The number of ether oxygens (including phenoxy) is 1. The summed E-state index contributed by atoms with van der Waals surface area (Å²) >= 11 is 0. The Morgan fingerprint density at radius 3 is 2.52 bits per heavy atom. The maximum atomic E-state index is 12.9. The average molecular weight is 395 g/mol. The highest BCUT2D eigenvalue weighted by atomic mass is 16.5. The van der Waals surface area contributed by atoms with Gasteiger partial charge >= 0.3 is 0 Å². The zero-order valence-electron chi connectivity index (χ0n) is 16.4. The summed E-state index contributed by atoms with van der Waals surface area (Å²) in [5.41, 5.74) is 1.35. The number of anilines is 2. The van der Waals surface area contributed by atoms with E-state index in [0.29, 0.717) is 31.6 Å². The van der Waals surface area contributed by atoms with E-state index in [9.17, 15) is 14.7 Å². The summed E-state index contributed by atoms with van der Waals surface area (Å²) in [7, 11) is 1.61. The second kappa shape index (κ2) is 7.85. The van der Waals surface area contributed by atoms with Crippen LogP contribution in [-0.4, -0.2) is 55.1 Å². The summed E-state index contributed by atoms with van der Waals surface area (Å²) < 4.78 is 5.18. The Morgan fingerprint density at radius 1 is 1.14 bits per heavy atom. The lowest BCUT2D eigenvalue weighted by molar-refractivity contribution is -0.123. The Labute approximate surface area is 169 Å². The molecule has 29 heavy (non-hydrogen) atoms. The van der Waals surface area contributed by atoms with E-state index in [4.69, 9.17) is 4.74 Å². The SMILES string of the molecule is COc1ccc(C2(O)CCN(CC(=O)N3CC(=O)Nc4ccccc43)CC2)cc1. The zero-order valence-corrected chi connectivity index (χ0v) is 16.4. The van der Waals surface area contributed by atoms with Crippen LogP contribution in [0.3, 0.4) is 0 Å². The number of benzene rings is 2. The lowest BCUT2D eigenvalue weighted by Crippen LogP contribution is -2.49. The van der Waals surface area contributed by atoms with E-state index in [1.807, 2.05) is 47.4 Å². The summed E-state index contributed by atoms with van der Waals surface area (Å²) in [6.07, 6.45) is 1.09. The van der Waals surface area contributed by atoms with Crippen LogP contribution in [0.5, 0.6) is 5.75 Å². The van der Waals surface area contributed by atoms with Gasteiger partial charge in [-0.05, 0) is 42.7 Å². The average Bonchev–Trinajstić information content (AvgIpc) is 2.75. The minimum absolute atomic E-state index is 0.0273. The first kappa shape index (κ1) is 19.4. The summed E-state index contributed by atoms with van der Waals surface area (Å²) in [6, 6.07) is 14.8. The van der Waals surface area contributed by atoms with Crippen LogP contribution >= 0.6 is 0 Å². The smallest absolute Gasteiger partial charge is 0.244 e. The van der Waals surface area contributed by atoms with Crippen molar-refractivity contribution in [3.05, 3.63) is 54.1 Å². The van der Waals surface area contributed by atoms with Crippen molar-refractivity contribution >= 4 is 23.2 Å². The molecule has 0 atom stereocenters. The van der Waals surface area contributed by atoms with Crippen LogP contribution in [0.1, 0.15) is 18.4 Å². The molecule has 2 N–H and O–H groups in total. The van der Waals surface area contributed by atoms with E-state index in [0.717, 1.165) is 17.0 Å². The number of aliphatic hydroxyl groups is 1.